The summed E-state index contributed by atoms with van der Waals surface area (Å²) < 4.78 is 18.1. The zero-order valence-corrected chi connectivity index (χ0v) is 14.1. The van der Waals surface area contributed by atoms with Gasteiger partial charge in [0.2, 0.25) is 0 Å². The zero-order chi connectivity index (χ0) is 16.8. The molecule has 1 aliphatic carbocycles. The van der Waals surface area contributed by atoms with Crippen LogP contribution in [0.25, 0.3) is 20.4 Å². The van der Waals surface area contributed by atoms with Crippen LogP contribution >= 0.6 is 11.3 Å². The molecule has 0 bridgehead atoms. The van der Waals surface area contributed by atoms with Gasteiger partial charge < -0.3 is 13.9 Å². The van der Waals surface area contributed by atoms with Gasteiger partial charge in [-0.05, 0) is 25.0 Å². The third kappa shape index (κ3) is 2.06. The molecule has 0 spiro atoms. The van der Waals surface area contributed by atoms with E-state index in [9.17, 15) is 9.59 Å². The average molecular weight is 344 g/mol. The maximum Gasteiger partial charge on any atom is 0.317 e. The lowest BCUT2D eigenvalue weighted by Crippen LogP contribution is -2.33. The molecule has 0 aliphatic heterocycles. The van der Waals surface area contributed by atoms with E-state index in [1.807, 2.05) is 18.2 Å². The second-order valence-corrected chi connectivity index (χ2v) is 6.92. The maximum atomic E-state index is 12.3. The van der Waals surface area contributed by atoms with E-state index < -0.39 is 23.8 Å². The van der Waals surface area contributed by atoms with E-state index in [0.29, 0.717) is 18.6 Å². The van der Waals surface area contributed by atoms with E-state index in [1.165, 1.54) is 14.2 Å². The van der Waals surface area contributed by atoms with E-state index >= 15 is 0 Å². The third-order valence-corrected chi connectivity index (χ3v) is 5.89. The Morgan fingerprint density at radius 1 is 1.17 bits per heavy atom. The SMILES string of the molecule is COC(=O)[C@@H]1CCc2c(oc3c2sc2ccccc23)[C@@H]1C(=O)OC. The van der Waals surface area contributed by atoms with Crippen LogP contribution in [-0.2, 0) is 25.5 Å². The number of carbonyl (C=O) groups excluding carboxylic acids is 2. The Hall–Kier alpha value is -2.34. The lowest BCUT2D eigenvalue weighted by molar-refractivity contribution is -0.155. The minimum Gasteiger partial charge on any atom is -0.469 e. The molecule has 124 valence electrons. The number of carbonyl (C=O) groups is 2. The Morgan fingerprint density at radius 2 is 1.92 bits per heavy atom. The summed E-state index contributed by atoms with van der Waals surface area (Å²) in [5.41, 5.74) is 1.81. The largest absolute Gasteiger partial charge is 0.469 e. The summed E-state index contributed by atoms with van der Waals surface area (Å²) in [6.45, 7) is 0. The fourth-order valence-corrected chi connectivity index (χ4v) is 4.75. The number of esters is 2. The molecule has 1 aromatic carbocycles. The molecule has 2 aromatic heterocycles. The topological polar surface area (TPSA) is 65.7 Å². The molecular formula is C18H16O5S. The van der Waals surface area contributed by atoms with Crippen LogP contribution in [0.4, 0.5) is 0 Å². The van der Waals surface area contributed by atoms with Gasteiger partial charge in [0, 0.05) is 15.6 Å². The summed E-state index contributed by atoms with van der Waals surface area (Å²) in [5.74, 6) is -1.63. The molecule has 0 radical (unpaired) electrons. The van der Waals surface area contributed by atoms with Crippen LogP contribution in [-0.4, -0.2) is 26.2 Å². The molecule has 4 rings (SSSR count). The minimum atomic E-state index is -0.746. The number of hydrogen-bond donors (Lipinski definition) is 0. The number of fused-ring (bicyclic) bond motifs is 5. The molecule has 1 aliphatic rings. The first kappa shape index (κ1) is 15.2. The number of thiophene rings is 1. The number of ether oxygens (including phenoxy) is 2. The lowest BCUT2D eigenvalue weighted by atomic mass is 9.79. The smallest absolute Gasteiger partial charge is 0.317 e. The average Bonchev–Trinajstić information content (AvgIpc) is 3.15. The highest BCUT2D eigenvalue weighted by Crippen LogP contribution is 2.47. The number of benzene rings is 1. The second kappa shape index (κ2) is 5.63. The highest BCUT2D eigenvalue weighted by atomic mass is 32.1. The number of hydrogen-bond acceptors (Lipinski definition) is 6. The van der Waals surface area contributed by atoms with Crippen molar-refractivity contribution >= 4 is 43.6 Å². The fourth-order valence-electron chi connectivity index (χ4n) is 3.55. The zero-order valence-electron chi connectivity index (χ0n) is 13.3. The van der Waals surface area contributed by atoms with Crippen molar-refractivity contribution in [3.8, 4) is 0 Å². The van der Waals surface area contributed by atoms with Crippen LogP contribution in [0, 0.1) is 5.92 Å². The Morgan fingerprint density at radius 3 is 2.67 bits per heavy atom. The highest BCUT2D eigenvalue weighted by molar-refractivity contribution is 7.25. The third-order valence-electron chi connectivity index (χ3n) is 4.68. The van der Waals surface area contributed by atoms with Gasteiger partial charge in [-0.3, -0.25) is 9.59 Å². The first-order valence-corrected chi connectivity index (χ1v) is 8.55. The first-order valence-electron chi connectivity index (χ1n) is 7.74. The molecule has 5 nitrogen and oxygen atoms in total. The number of rotatable bonds is 2. The van der Waals surface area contributed by atoms with E-state index in [0.717, 1.165) is 25.9 Å². The summed E-state index contributed by atoms with van der Waals surface area (Å²) in [4.78, 5) is 24.4. The van der Waals surface area contributed by atoms with Crippen LogP contribution in [0.15, 0.2) is 28.7 Å². The fraction of sp³-hybridized carbons (Fsp3) is 0.333. The molecule has 2 atom stereocenters. The highest BCUT2D eigenvalue weighted by Gasteiger charge is 2.44. The van der Waals surface area contributed by atoms with E-state index in [-0.39, 0.29) is 0 Å². The van der Waals surface area contributed by atoms with Crippen molar-refractivity contribution in [2.75, 3.05) is 14.2 Å². The Kier molecular flexibility index (Phi) is 3.57. The van der Waals surface area contributed by atoms with Crippen molar-refractivity contribution in [2.45, 2.75) is 18.8 Å². The van der Waals surface area contributed by atoms with Crippen molar-refractivity contribution in [3.63, 3.8) is 0 Å². The van der Waals surface area contributed by atoms with Gasteiger partial charge >= 0.3 is 11.9 Å². The molecule has 0 N–H and O–H groups in total. The minimum absolute atomic E-state index is 0.402. The Balaban J connectivity index is 1.93. The maximum absolute atomic E-state index is 12.3. The number of methoxy groups -OCH3 is 2. The molecule has 2 heterocycles. The van der Waals surface area contributed by atoms with Crippen LogP contribution in [0.1, 0.15) is 23.7 Å². The van der Waals surface area contributed by atoms with Gasteiger partial charge in [0.05, 0.1) is 24.8 Å². The molecular weight excluding hydrogens is 328 g/mol. The van der Waals surface area contributed by atoms with Crippen LogP contribution in [0.2, 0.25) is 0 Å². The van der Waals surface area contributed by atoms with Gasteiger partial charge in [0.25, 0.3) is 0 Å². The van der Waals surface area contributed by atoms with Gasteiger partial charge in [0.15, 0.2) is 5.58 Å². The molecule has 0 saturated heterocycles. The van der Waals surface area contributed by atoms with E-state index in [4.69, 9.17) is 13.9 Å². The second-order valence-electron chi connectivity index (χ2n) is 5.87. The summed E-state index contributed by atoms with van der Waals surface area (Å²) >= 11 is 1.66. The summed E-state index contributed by atoms with van der Waals surface area (Å²) in [5, 5.41) is 1.03. The predicted octanol–water partition coefficient (Wildman–Crippen LogP) is 3.64. The monoisotopic (exact) mass is 344 g/mol. The molecule has 0 amide bonds. The molecule has 3 aromatic rings. The van der Waals surface area contributed by atoms with Crippen molar-refractivity contribution in [1.82, 2.24) is 0 Å². The van der Waals surface area contributed by atoms with Gasteiger partial charge in [-0.1, -0.05) is 12.1 Å². The lowest BCUT2D eigenvalue weighted by Gasteiger charge is -2.26. The van der Waals surface area contributed by atoms with Gasteiger partial charge in [0.1, 0.15) is 11.7 Å². The van der Waals surface area contributed by atoms with Gasteiger partial charge in [-0.2, -0.15) is 0 Å². The van der Waals surface area contributed by atoms with E-state index in [2.05, 4.69) is 6.07 Å². The summed E-state index contributed by atoms with van der Waals surface area (Å²) in [6.07, 6.45) is 1.23. The van der Waals surface area contributed by atoms with E-state index in [1.54, 1.807) is 11.3 Å². The molecule has 0 saturated carbocycles. The number of aryl methyl sites for hydroxylation is 1. The molecule has 0 unspecified atom stereocenters. The Labute approximate surface area is 142 Å². The predicted molar refractivity (Wildman–Crippen MR) is 90.2 cm³/mol. The van der Waals surface area contributed by atoms with Crippen molar-refractivity contribution in [1.29, 1.82) is 0 Å². The normalized spacial score (nSPS) is 20.1. The van der Waals surface area contributed by atoms with Gasteiger partial charge in [-0.25, -0.2) is 0 Å². The quantitative estimate of drug-likeness (QED) is 0.664. The molecule has 0 fully saturated rings. The van der Waals surface area contributed by atoms with Crippen molar-refractivity contribution < 1.29 is 23.5 Å². The summed E-state index contributed by atoms with van der Waals surface area (Å²) in [6, 6.07) is 8.02. The first-order chi connectivity index (χ1) is 11.7. The number of furan rings is 1. The van der Waals surface area contributed by atoms with Crippen LogP contribution in [0.3, 0.4) is 0 Å². The standard InChI is InChI=1S/C18H16O5S/c1-21-17(19)10-7-8-11-14(13(10)18(20)22-2)23-15-9-5-3-4-6-12(9)24-16(11)15/h3-6,10,13H,7-8H2,1-2H3/t10-,13-/m1/s1. The van der Waals surface area contributed by atoms with Crippen LogP contribution in [0.5, 0.6) is 0 Å². The Bertz CT molecular complexity index is 951. The molecule has 6 heteroatoms. The van der Waals surface area contributed by atoms with Crippen molar-refractivity contribution in [2.24, 2.45) is 5.92 Å². The van der Waals surface area contributed by atoms with Crippen molar-refractivity contribution in [3.05, 3.63) is 35.6 Å². The molecule has 24 heavy (non-hydrogen) atoms. The van der Waals surface area contributed by atoms with Crippen LogP contribution < -0.4 is 0 Å². The summed E-state index contributed by atoms with van der Waals surface area (Å²) in [7, 11) is 2.66. The van der Waals surface area contributed by atoms with Gasteiger partial charge in [-0.15, -0.1) is 11.3 Å².